The van der Waals surface area contributed by atoms with Crippen molar-refractivity contribution in [3.8, 4) is 0 Å². The van der Waals surface area contributed by atoms with E-state index in [1.807, 2.05) is 0 Å². The third kappa shape index (κ3) is 41.1. The van der Waals surface area contributed by atoms with E-state index in [2.05, 4.69) is 116 Å². The van der Waals surface area contributed by atoms with Gasteiger partial charge in [-0.25, -0.2) is 0 Å². The Hall–Kier alpha value is -3.67. The Balaban J connectivity index is 4.40. The van der Waals surface area contributed by atoms with Gasteiger partial charge in [0.25, 0.3) is 0 Å². The Morgan fingerprint density at radius 2 is 0.944 bits per heavy atom. The van der Waals surface area contributed by atoms with Crippen LogP contribution in [0.5, 0.6) is 0 Å². The summed E-state index contributed by atoms with van der Waals surface area (Å²) < 4.78 is 5.96. The molecule has 0 aromatic heterocycles. The van der Waals surface area contributed by atoms with Crippen molar-refractivity contribution in [2.75, 3.05) is 6.54 Å². The molecule has 0 aromatic rings. The Labute approximate surface area is 330 Å². The molecule has 54 heavy (non-hydrogen) atoms. The average molecular weight is 748 g/mol. The van der Waals surface area contributed by atoms with Crippen molar-refractivity contribution < 1.29 is 24.2 Å². The number of nitrogens with one attached hydrogen (secondary N) is 1. The second kappa shape index (κ2) is 42.1. The lowest BCUT2D eigenvalue weighted by molar-refractivity contribution is -0.149. The largest absolute Gasteiger partial charge is 0.480 e. The zero-order valence-corrected chi connectivity index (χ0v) is 34.3. The fourth-order valence-electron chi connectivity index (χ4n) is 5.63. The van der Waals surface area contributed by atoms with Crippen LogP contribution in [0, 0.1) is 0 Å². The molecule has 0 saturated heterocycles. The zero-order chi connectivity index (χ0) is 39.4. The van der Waals surface area contributed by atoms with Crippen LogP contribution in [0.15, 0.2) is 97.2 Å². The Morgan fingerprint density at radius 3 is 1.50 bits per heavy atom. The highest BCUT2D eigenvalue weighted by Gasteiger charge is 2.14. The van der Waals surface area contributed by atoms with Gasteiger partial charge >= 0.3 is 11.9 Å². The number of esters is 1. The Kier molecular flexibility index (Phi) is 39.2. The van der Waals surface area contributed by atoms with E-state index in [1.165, 1.54) is 38.5 Å². The number of hydrogen-bond acceptors (Lipinski definition) is 4. The minimum atomic E-state index is -1.03. The summed E-state index contributed by atoms with van der Waals surface area (Å²) in [6.45, 7) is 4.07. The summed E-state index contributed by atoms with van der Waals surface area (Å²) in [7, 11) is 0. The molecule has 6 heteroatoms. The molecule has 6 nitrogen and oxygen atoms in total. The van der Waals surface area contributed by atoms with Crippen LogP contribution in [0.4, 0.5) is 0 Å². The van der Waals surface area contributed by atoms with Crippen molar-refractivity contribution in [1.82, 2.24) is 5.32 Å². The predicted molar refractivity (Wildman–Crippen MR) is 230 cm³/mol. The van der Waals surface area contributed by atoms with E-state index in [4.69, 9.17) is 9.84 Å². The van der Waals surface area contributed by atoms with Gasteiger partial charge < -0.3 is 15.2 Å². The summed E-state index contributed by atoms with van der Waals surface area (Å²) in [6, 6.07) is 0. The summed E-state index contributed by atoms with van der Waals surface area (Å²) in [4.78, 5) is 35.0. The smallest absolute Gasteiger partial charge is 0.322 e. The number of hydrogen-bond donors (Lipinski definition) is 2. The molecule has 0 rings (SSSR count). The van der Waals surface area contributed by atoms with Gasteiger partial charge in [-0.15, -0.1) is 0 Å². The number of allylic oxidation sites excluding steroid dienone is 16. The highest BCUT2D eigenvalue weighted by molar-refractivity contribution is 5.80. The number of unbranched alkanes of at least 4 members (excludes halogenated alkanes) is 10. The fourth-order valence-corrected chi connectivity index (χ4v) is 5.63. The van der Waals surface area contributed by atoms with Gasteiger partial charge in [0.1, 0.15) is 12.6 Å². The molecule has 0 aromatic carbocycles. The topological polar surface area (TPSA) is 92.7 Å². The minimum Gasteiger partial charge on any atom is -0.480 e. The van der Waals surface area contributed by atoms with Crippen LogP contribution < -0.4 is 5.32 Å². The van der Waals surface area contributed by atoms with Crippen molar-refractivity contribution in [3.63, 3.8) is 0 Å². The molecule has 1 atom stereocenters. The van der Waals surface area contributed by atoms with Crippen LogP contribution in [-0.2, 0) is 19.1 Å². The van der Waals surface area contributed by atoms with Crippen LogP contribution in [-0.4, -0.2) is 35.6 Å². The lowest BCUT2D eigenvalue weighted by Gasteiger charge is -2.17. The fraction of sp³-hybridized carbons (Fsp3) is 0.604. The lowest BCUT2D eigenvalue weighted by Crippen LogP contribution is -2.28. The summed E-state index contributed by atoms with van der Waals surface area (Å²) >= 11 is 0. The summed E-state index contributed by atoms with van der Waals surface area (Å²) in [5, 5.41) is 11.1. The quantitative estimate of drug-likeness (QED) is 0.0375. The van der Waals surface area contributed by atoms with Gasteiger partial charge in [0.2, 0.25) is 5.91 Å². The molecule has 304 valence electrons. The van der Waals surface area contributed by atoms with E-state index >= 15 is 0 Å². The number of aliphatic carboxylic acids is 1. The minimum absolute atomic E-state index is 0.0643. The Bertz CT molecular complexity index is 1140. The van der Waals surface area contributed by atoms with E-state index in [-0.39, 0.29) is 24.5 Å². The van der Waals surface area contributed by atoms with Crippen LogP contribution in [0.1, 0.15) is 174 Å². The summed E-state index contributed by atoms with van der Waals surface area (Å²) in [5.74, 6) is -1.36. The second-order valence-electron chi connectivity index (χ2n) is 13.9. The molecule has 0 fully saturated rings. The Morgan fingerprint density at radius 1 is 0.500 bits per heavy atom. The number of ether oxygens (including phenoxy) is 1. The normalized spacial score (nSPS) is 13.1. The summed E-state index contributed by atoms with van der Waals surface area (Å²) in [5.41, 5.74) is 0. The van der Waals surface area contributed by atoms with Crippen LogP contribution in [0.3, 0.4) is 0 Å². The maximum atomic E-state index is 12.7. The average Bonchev–Trinajstić information content (AvgIpc) is 3.16. The van der Waals surface area contributed by atoms with E-state index in [1.54, 1.807) is 0 Å². The molecule has 0 heterocycles. The first-order chi connectivity index (χ1) is 26.5. The highest BCUT2D eigenvalue weighted by atomic mass is 16.5. The van der Waals surface area contributed by atoms with Crippen molar-refractivity contribution in [2.45, 2.75) is 180 Å². The van der Waals surface area contributed by atoms with Gasteiger partial charge in [-0.1, -0.05) is 156 Å². The van der Waals surface area contributed by atoms with Gasteiger partial charge in [0.15, 0.2) is 0 Å². The molecule has 0 aliphatic carbocycles. The molecule has 2 N–H and O–H groups in total. The van der Waals surface area contributed by atoms with Gasteiger partial charge in [-0.2, -0.15) is 0 Å². The first-order valence-corrected chi connectivity index (χ1v) is 21.4. The molecule has 0 aliphatic heterocycles. The van der Waals surface area contributed by atoms with E-state index in [0.717, 1.165) is 103 Å². The lowest BCUT2D eigenvalue weighted by atomic mass is 10.0. The number of carboxylic acid groups (broad SMARTS) is 1. The standard InChI is InChI=1S/C48H77NO5/c1-3-5-7-9-11-13-15-17-18-19-20-21-22-24-26-28-30-35-39-43-48(53)54-45(41-37-33-31-34-38-42-46(50)49-44-47(51)52)40-36-32-29-27-25-23-16-14-12-10-8-6-4-2/h5,7,11,13,16-18,20-21,23-24,26-27,29-30,35,45H,3-4,6,8-10,12,14-15,19,22,25,28,31-34,36-44H2,1-2H3,(H,49,50)(H,51,52)/b7-5-,13-11-,18-17-,21-20-,23-16-,26-24-,29-27-,35-30-. The highest BCUT2D eigenvalue weighted by Crippen LogP contribution is 2.17. The molecule has 0 radical (unpaired) electrons. The van der Waals surface area contributed by atoms with Crippen molar-refractivity contribution in [1.29, 1.82) is 0 Å². The monoisotopic (exact) mass is 748 g/mol. The van der Waals surface area contributed by atoms with E-state index in [0.29, 0.717) is 19.3 Å². The number of carbonyl (C=O) groups is 3. The van der Waals surface area contributed by atoms with Crippen LogP contribution in [0.2, 0.25) is 0 Å². The van der Waals surface area contributed by atoms with Crippen LogP contribution >= 0.6 is 0 Å². The predicted octanol–water partition coefficient (Wildman–Crippen LogP) is 13.3. The van der Waals surface area contributed by atoms with Gasteiger partial charge in [0, 0.05) is 12.8 Å². The number of amides is 1. The van der Waals surface area contributed by atoms with Crippen molar-refractivity contribution in [2.24, 2.45) is 0 Å². The molecular formula is C48H77NO5. The third-order valence-electron chi connectivity index (χ3n) is 8.75. The zero-order valence-electron chi connectivity index (χ0n) is 34.3. The number of carboxylic acids is 1. The molecule has 1 unspecified atom stereocenters. The molecule has 0 aliphatic rings. The third-order valence-corrected chi connectivity index (χ3v) is 8.75. The van der Waals surface area contributed by atoms with Gasteiger partial charge in [0.05, 0.1) is 0 Å². The van der Waals surface area contributed by atoms with Crippen molar-refractivity contribution in [3.05, 3.63) is 97.2 Å². The molecule has 1 amide bonds. The van der Waals surface area contributed by atoms with Crippen LogP contribution in [0.25, 0.3) is 0 Å². The van der Waals surface area contributed by atoms with Crippen molar-refractivity contribution >= 4 is 17.8 Å². The maximum Gasteiger partial charge on any atom is 0.322 e. The molecule has 0 saturated carbocycles. The van der Waals surface area contributed by atoms with E-state index in [9.17, 15) is 14.4 Å². The maximum absolute atomic E-state index is 12.7. The molecule has 0 spiro atoms. The van der Waals surface area contributed by atoms with Gasteiger partial charge in [-0.3, -0.25) is 14.4 Å². The molecular weight excluding hydrogens is 671 g/mol. The van der Waals surface area contributed by atoms with Gasteiger partial charge in [-0.05, 0) is 103 Å². The first kappa shape index (κ1) is 50.3. The molecule has 0 bridgehead atoms. The van der Waals surface area contributed by atoms with E-state index < -0.39 is 5.97 Å². The first-order valence-electron chi connectivity index (χ1n) is 21.4. The number of carbonyl (C=O) groups excluding carboxylic acids is 2. The second-order valence-corrected chi connectivity index (χ2v) is 13.9. The summed E-state index contributed by atoms with van der Waals surface area (Å²) in [6.07, 6.45) is 59.6. The SMILES string of the molecule is CC/C=C\C/C=C\C/C=C\C/C=C\C/C=C\C/C=C\CCC(=O)OC(CCC/C=C\C/C=C\CCCCCCC)CCCCCCCC(=O)NCC(=O)O. The number of rotatable bonds is 37.